The molecule has 0 aliphatic heterocycles. The zero-order valence-corrected chi connectivity index (χ0v) is 14.8. The van der Waals surface area contributed by atoms with Crippen LogP contribution in [-0.4, -0.2) is 15.4 Å². The molecule has 0 N–H and O–H groups in total. The predicted octanol–water partition coefficient (Wildman–Crippen LogP) is 3.45. The Balaban J connectivity index is 1.58. The van der Waals surface area contributed by atoms with Crippen molar-refractivity contribution in [3.8, 4) is 0 Å². The second kappa shape index (κ2) is 6.64. The second-order valence-electron chi connectivity index (χ2n) is 6.52. The quantitative estimate of drug-likeness (QED) is 0.658. The smallest absolute Gasteiger partial charge is 0.316 e. The van der Waals surface area contributed by atoms with E-state index < -0.39 is 5.41 Å². The highest BCUT2D eigenvalue weighted by atomic mass is 32.1. The molecule has 1 fully saturated rings. The Labute approximate surface area is 153 Å². The van der Waals surface area contributed by atoms with Crippen LogP contribution in [0.3, 0.4) is 0 Å². The molecule has 1 saturated carbocycles. The summed E-state index contributed by atoms with van der Waals surface area (Å²) < 4.78 is 20.6. The first-order valence-corrected chi connectivity index (χ1v) is 9.35. The van der Waals surface area contributed by atoms with Crippen LogP contribution < -0.4 is 5.56 Å². The standard InChI is InChI=1S/C19H17FN2O3S/c20-14-5-3-4-13(10-14)19(6-1-2-7-19)17(24)25-12-15-11-16(23)22-8-9-26-18(22)21-15/h3-5,8-11H,1-2,6-7,12H2. The maximum absolute atomic E-state index is 13.7. The highest BCUT2D eigenvalue weighted by Crippen LogP contribution is 2.42. The minimum Gasteiger partial charge on any atom is -0.458 e. The van der Waals surface area contributed by atoms with Gasteiger partial charge in [0.15, 0.2) is 4.96 Å². The molecule has 0 radical (unpaired) electrons. The Kier molecular flexibility index (Phi) is 4.32. The van der Waals surface area contributed by atoms with Crippen LogP contribution in [0.5, 0.6) is 0 Å². The van der Waals surface area contributed by atoms with Gasteiger partial charge in [-0.15, -0.1) is 11.3 Å². The first-order valence-electron chi connectivity index (χ1n) is 8.48. The van der Waals surface area contributed by atoms with Crippen molar-refractivity contribution in [2.75, 3.05) is 0 Å². The number of ether oxygens (including phenoxy) is 1. The first-order chi connectivity index (χ1) is 12.6. The molecule has 7 heteroatoms. The molecule has 5 nitrogen and oxygen atoms in total. The number of benzene rings is 1. The zero-order valence-electron chi connectivity index (χ0n) is 14.0. The molecule has 0 amide bonds. The van der Waals surface area contributed by atoms with Gasteiger partial charge in [0, 0.05) is 17.6 Å². The van der Waals surface area contributed by atoms with Gasteiger partial charge >= 0.3 is 5.97 Å². The molecule has 4 rings (SSSR count). The lowest BCUT2D eigenvalue weighted by Crippen LogP contribution is -2.35. The SMILES string of the molecule is O=C(OCc1cc(=O)n2ccsc2n1)C1(c2cccc(F)c2)CCCC1. The minimum absolute atomic E-state index is 0.0699. The maximum atomic E-state index is 13.7. The number of halogens is 1. The zero-order chi connectivity index (χ0) is 18.1. The van der Waals surface area contributed by atoms with Gasteiger partial charge in [-0.3, -0.25) is 14.0 Å². The third-order valence-electron chi connectivity index (χ3n) is 4.93. The van der Waals surface area contributed by atoms with Crippen LogP contribution in [0.2, 0.25) is 0 Å². The Morgan fingerprint density at radius 1 is 1.31 bits per heavy atom. The fraction of sp³-hybridized carbons (Fsp3) is 0.316. The van der Waals surface area contributed by atoms with E-state index in [0.717, 1.165) is 12.8 Å². The van der Waals surface area contributed by atoms with Gasteiger partial charge in [0.25, 0.3) is 5.56 Å². The number of aromatic nitrogens is 2. The van der Waals surface area contributed by atoms with Crippen LogP contribution >= 0.6 is 11.3 Å². The van der Waals surface area contributed by atoms with E-state index in [4.69, 9.17) is 4.74 Å². The summed E-state index contributed by atoms with van der Waals surface area (Å²) in [6.07, 6.45) is 4.71. The lowest BCUT2D eigenvalue weighted by Gasteiger charge is -2.27. The van der Waals surface area contributed by atoms with Gasteiger partial charge in [0.1, 0.15) is 12.4 Å². The van der Waals surface area contributed by atoms with Crippen molar-refractivity contribution in [3.63, 3.8) is 0 Å². The second-order valence-corrected chi connectivity index (χ2v) is 7.39. The summed E-state index contributed by atoms with van der Waals surface area (Å²) in [6.45, 7) is -0.0699. The number of thiazole rings is 1. The summed E-state index contributed by atoms with van der Waals surface area (Å²) in [7, 11) is 0. The van der Waals surface area contributed by atoms with Crippen molar-refractivity contribution in [2.45, 2.75) is 37.7 Å². The van der Waals surface area contributed by atoms with E-state index in [2.05, 4.69) is 4.98 Å². The molecule has 1 aliphatic carbocycles. The van der Waals surface area contributed by atoms with Crippen molar-refractivity contribution in [1.82, 2.24) is 9.38 Å². The molecule has 134 valence electrons. The fourth-order valence-corrected chi connectivity index (χ4v) is 4.35. The van der Waals surface area contributed by atoms with Gasteiger partial charge in [-0.1, -0.05) is 25.0 Å². The molecular formula is C19H17FN2O3S. The fourth-order valence-electron chi connectivity index (χ4n) is 3.61. The molecule has 1 aliphatic rings. The number of carbonyl (C=O) groups excluding carboxylic acids is 1. The maximum Gasteiger partial charge on any atom is 0.316 e. The normalized spacial score (nSPS) is 16.0. The molecule has 2 aromatic heterocycles. The lowest BCUT2D eigenvalue weighted by atomic mass is 9.79. The largest absolute Gasteiger partial charge is 0.458 e. The molecule has 0 saturated heterocycles. The summed E-state index contributed by atoms with van der Waals surface area (Å²) in [6, 6.07) is 7.54. The topological polar surface area (TPSA) is 60.7 Å². The van der Waals surface area contributed by atoms with Gasteiger partial charge < -0.3 is 4.74 Å². The summed E-state index contributed by atoms with van der Waals surface area (Å²) in [5.41, 5.74) is 0.0485. The molecule has 3 aromatic rings. The molecule has 0 bridgehead atoms. The predicted molar refractivity (Wildman–Crippen MR) is 95.7 cm³/mol. The molecule has 2 heterocycles. The van der Waals surface area contributed by atoms with E-state index in [-0.39, 0.29) is 24.0 Å². The van der Waals surface area contributed by atoms with E-state index in [1.807, 2.05) is 0 Å². The number of fused-ring (bicyclic) bond motifs is 1. The Bertz CT molecular complexity index is 1020. The van der Waals surface area contributed by atoms with Crippen molar-refractivity contribution in [2.24, 2.45) is 0 Å². The number of esters is 1. The summed E-state index contributed by atoms with van der Waals surface area (Å²) >= 11 is 1.34. The van der Waals surface area contributed by atoms with Gasteiger partial charge in [-0.25, -0.2) is 9.37 Å². The Morgan fingerprint density at radius 2 is 2.12 bits per heavy atom. The first kappa shape index (κ1) is 16.9. The summed E-state index contributed by atoms with van der Waals surface area (Å²) in [4.78, 5) is 29.8. The van der Waals surface area contributed by atoms with Gasteiger partial charge in [-0.2, -0.15) is 0 Å². The summed E-state index contributed by atoms with van der Waals surface area (Å²) in [5.74, 6) is -0.742. The average Bonchev–Trinajstić information content (AvgIpc) is 3.30. The molecule has 1 aromatic carbocycles. The monoisotopic (exact) mass is 372 g/mol. The molecular weight excluding hydrogens is 355 g/mol. The minimum atomic E-state index is -0.815. The van der Waals surface area contributed by atoms with Crippen LogP contribution in [0.25, 0.3) is 4.96 Å². The van der Waals surface area contributed by atoms with Gasteiger partial charge in [-0.05, 0) is 30.5 Å². The number of hydrogen-bond acceptors (Lipinski definition) is 5. The lowest BCUT2D eigenvalue weighted by molar-refractivity contribution is -0.152. The van der Waals surface area contributed by atoms with Crippen LogP contribution in [0, 0.1) is 5.82 Å². The van der Waals surface area contributed by atoms with Crippen molar-refractivity contribution in [3.05, 3.63) is 69.3 Å². The van der Waals surface area contributed by atoms with Gasteiger partial charge in [0.05, 0.1) is 11.1 Å². The third-order valence-corrected chi connectivity index (χ3v) is 5.69. The number of hydrogen-bond donors (Lipinski definition) is 0. The number of nitrogens with zero attached hydrogens (tertiary/aromatic N) is 2. The van der Waals surface area contributed by atoms with Crippen LogP contribution in [-0.2, 0) is 21.6 Å². The van der Waals surface area contributed by atoms with Crippen LogP contribution in [0.1, 0.15) is 36.9 Å². The van der Waals surface area contributed by atoms with E-state index in [0.29, 0.717) is 29.1 Å². The summed E-state index contributed by atoms with van der Waals surface area (Å²) in [5, 5.41) is 1.77. The number of carbonyl (C=O) groups is 1. The third kappa shape index (κ3) is 2.92. The van der Waals surface area contributed by atoms with Crippen molar-refractivity contribution in [1.29, 1.82) is 0 Å². The van der Waals surface area contributed by atoms with Crippen LogP contribution in [0.4, 0.5) is 4.39 Å². The van der Waals surface area contributed by atoms with E-state index >= 15 is 0 Å². The van der Waals surface area contributed by atoms with Crippen molar-refractivity contribution >= 4 is 22.3 Å². The molecule has 0 unspecified atom stereocenters. The molecule has 0 spiro atoms. The average molecular weight is 372 g/mol. The Morgan fingerprint density at radius 3 is 2.88 bits per heavy atom. The van der Waals surface area contributed by atoms with E-state index in [1.165, 1.54) is 33.9 Å². The van der Waals surface area contributed by atoms with E-state index in [1.54, 1.807) is 23.7 Å². The van der Waals surface area contributed by atoms with Crippen molar-refractivity contribution < 1.29 is 13.9 Å². The molecule has 26 heavy (non-hydrogen) atoms. The van der Waals surface area contributed by atoms with Gasteiger partial charge in [0.2, 0.25) is 0 Å². The highest BCUT2D eigenvalue weighted by molar-refractivity contribution is 7.15. The van der Waals surface area contributed by atoms with E-state index in [9.17, 15) is 14.0 Å². The molecule has 0 atom stereocenters. The number of rotatable bonds is 4. The Hall–Kier alpha value is -2.54. The van der Waals surface area contributed by atoms with Crippen LogP contribution in [0.15, 0.2) is 46.7 Å². The highest BCUT2D eigenvalue weighted by Gasteiger charge is 2.44.